The second kappa shape index (κ2) is 6.12. The number of hydrogen-bond acceptors (Lipinski definition) is 4. The van der Waals surface area contributed by atoms with Crippen molar-refractivity contribution in [2.24, 2.45) is 0 Å². The Balaban J connectivity index is 1.98. The summed E-state index contributed by atoms with van der Waals surface area (Å²) >= 11 is 6.12. The van der Waals surface area contributed by atoms with Crippen LogP contribution < -0.4 is 5.32 Å². The lowest BCUT2D eigenvalue weighted by Crippen LogP contribution is -2.00. The van der Waals surface area contributed by atoms with Crippen molar-refractivity contribution >= 4 is 23.1 Å². The minimum Gasteiger partial charge on any atom is -0.340 e. The first-order valence-corrected chi connectivity index (χ1v) is 7.30. The van der Waals surface area contributed by atoms with Crippen LogP contribution in [0.5, 0.6) is 0 Å². The number of aromatic nitrogens is 3. The maximum absolute atomic E-state index is 6.12. The number of pyridine rings is 1. The van der Waals surface area contributed by atoms with E-state index in [1.807, 2.05) is 25.1 Å². The number of rotatable bonds is 3. The van der Waals surface area contributed by atoms with Gasteiger partial charge in [-0.05, 0) is 43.2 Å². The highest BCUT2D eigenvalue weighted by molar-refractivity contribution is 6.29. The van der Waals surface area contributed by atoms with Crippen molar-refractivity contribution in [3.63, 3.8) is 0 Å². The first kappa shape index (κ1) is 14.5. The van der Waals surface area contributed by atoms with Gasteiger partial charge in [0.1, 0.15) is 16.7 Å². The number of anilines is 2. The quantitative estimate of drug-likeness (QED) is 0.721. The summed E-state index contributed by atoms with van der Waals surface area (Å²) < 4.78 is 0. The zero-order valence-corrected chi connectivity index (χ0v) is 13.1. The van der Waals surface area contributed by atoms with Gasteiger partial charge in [0.15, 0.2) is 5.82 Å². The summed E-state index contributed by atoms with van der Waals surface area (Å²) in [6, 6.07) is 13.5. The van der Waals surface area contributed by atoms with Crippen molar-refractivity contribution in [2.75, 3.05) is 5.32 Å². The Labute approximate surface area is 134 Å². The van der Waals surface area contributed by atoms with Gasteiger partial charge in [-0.25, -0.2) is 9.97 Å². The van der Waals surface area contributed by atoms with E-state index in [1.165, 1.54) is 5.56 Å². The average molecular weight is 311 g/mol. The molecule has 0 fully saturated rings. The van der Waals surface area contributed by atoms with E-state index < -0.39 is 0 Å². The number of nitrogens with zero attached hydrogens (tertiary/aromatic N) is 3. The average Bonchev–Trinajstić information content (AvgIpc) is 2.51. The van der Waals surface area contributed by atoms with Crippen LogP contribution in [0.3, 0.4) is 0 Å². The van der Waals surface area contributed by atoms with Crippen LogP contribution in [-0.4, -0.2) is 15.0 Å². The van der Waals surface area contributed by atoms with Crippen molar-refractivity contribution in [1.29, 1.82) is 0 Å². The molecule has 0 atom stereocenters. The largest absolute Gasteiger partial charge is 0.340 e. The van der Waals surface area contributed by atoms with Crippen molar-refractivity contribution in [2.45, 2.75) is 13.8 Å². The van der Waals surface area contributed by atoms with E-state index in [0.29, 0.717) is 22.5 Å². The summed E-state index contributed by atoms with van der Waals surface area (Å²) in [5.41, 5.74) is 4.01. The fraction of sp³-hybridized carbons (Fsp3) is 0.118. The van der Waals surface area contributed by atoms with E-state index in [1.54, 1.807) is 12.3 Å². The Bertz CT molecular complexity index is 803. The van der Waals surface area contributed by atoms with Crippen LogP contribution in [0.1, 0.15) is 11.1 Å². The molecule has 5 heteroatoms. The fourth-order valence-electron chi connectivity index (χ4n) is 2.10. The third-order valence-electron chi connectivity index (χ3n) is 3.24. The monoisotopic (exact) mass is 310 g/mol. The zero-order valence-electron chi connectivity index (χ0n) is 12.3. The van der Waals surface area contributed by atoms with Crippen molar-refractivity contribution in [1.82, 2.24) is 15.0 Å². The van der Waals surface area contributed by atoms with Crippen LogP contribution in [-0.2, 0) is 0 Å². The van der Waals surface area contributed by atoms with Gasteiger partial charge in [-0.1, -0.05) is 29.8 Å². The fourth-order valence-corrected chi connectivity index (χ4v) is 2.28. The number of aryl methyl sites for hydroxylation is 2. The topological polar surface area (TPSA) is 50.7 Å². The molecule has 0 aliphatic carbocycles. The summed E-state index contributed by atoms with van der Waals surface area (Å²) in [5.74, 6) is 1.15. The van der Waals surface area contributed by atoms with Gasteiger partial charge < -0.3 is 5.32 Å². The number of nitrogens with one attached hydrogen (secondary N) is 1. The molecule has 0 radical (unpaired) electrons. The Morgan fingerprint density at radius 1 is 1.00 bits per heavy atom. The molecule has 0 amide bonds. The summed E-state index contributed by atoms with van der Waals surface area (Å²) in [7, 11) is 0. The molecule has 0 saturated heterocycles. The molecule has 22 heavy (non-hydrogen) atoms. The second-order valence-electron chi connectivity index (χ2n) is 5.06. The third-order valence-corrected chi connectivity index (χ3v) is 3.44. The predicted molar refractivity (Wildman–Crippen MR) is 89.5 cm³/mol. The molecule has 4 nitrogen and oxygen atoms in total. The standard InChI is InChI=1S/C17H15ClN4/c1-11-6-7-12(2)14(9-11)20-16-10-15(18)21-17(22-16)13-5-3-4-8-19-13/h3-10H,1-2H3,(H,20,21,22). The Kier molecular flexibility index (Phi) is 4.02. The van der Waals surface area contributed by atoms with Gasteiger partial charge in [0.2, 0.25) is 0 Å². The molecule has 0 unspecified atom stereocenters. The highest BCUT2D eigenvalue weighted by atomic mass is 35.5. The summed E-state index contributed by atoms with van der Waals surface area (Å²) in [6.45, 7) is 4.10. The van der Waals surface area contributed by atoms with E-state index in [2.05, 4.69) is 45.4 Å². The van der Waals surface area contributed by atoms with Gasteiger partial charge in [0, 0.05) is 18.0 Å². The maximum atomic E-state index is 6.12. The molecule has 110 valence electrons. The lowest BCUT2D eigenvalue weighted by molar-refractivity contribution is 1.14. The molecular formula is C17H15ClN4. The molecular weight excluding hydrogens is 296 g/mol. The molecule has 0 saturated carbocycles. The Morgan fingerprint density at radius 2 is 1.86 bits per heavy atom. The maximum Gasteiger partial charge on any atom is 0.181 e. The molecule has 3 rings (SSSR count). The molecule has 0 spiro atoms. The van der Waals surface area contributed by atoms with E-state index >= 15 is 0 Å². The molecule has 0 bridgehead atoms. The molecule has 1 N–H and O–H groups in total. The smallest absolute Gasteiger partial charge is 0.181 e. The number of benzene rings is 1. The molecule has 1 aromatic carbocycles. The highest BCUT2D eigenvalue weighted by Crippen LogP contribution is 2.24. The molecule has 0 aliphatic rings. The van der Waals surface area contributed by atoms with Gasteiger partial charge in [-0.2, -0.15) is 0 Å². The normalized spacial score (nSPS) is 10.5. The predicted octanol–water partition coefficient (Wildman–Crippen LogP) is 4.55. The summed E-state index contributed by atoms with van der Waals surface area (Å²) in [6.07, 6.45) is 1.71. The summed E-state index contributed by atoms with van der Waals surface area (Å²) in [4.78, 5) is 13.0. The lowest BCUT2D eigenvalue weighted by Gasteiger charge is -2.11. The van der Waals surface area contributed by atoms with Crippen molar-refractivity contribution < 1.29 is 0 Å². The second-order valence-corrected chi connectivity index (χ2v) is 5.45. The SMILES string of the molecule is Cc1ccc(C)c(Nc2cc(Cl)nc(-c3ccccn3)n2)c1. The molecule has 2 aromatic heterocycles. The van der Waals surface area contributed by atoms with Crippen LogP contribution in [0.2, 0.25) is 5.15 Å². The zero-order chi connectivity index (χ0) is 15.5. The minimum atomic E-state index is 0.378. The lowest BCUT2D eigenvalue weighted by atomic mass is 10.1. The minimum absolute atomic E-state index is 0.378. The first-order valence-electron chi connectivity index (χ1n) is 6.92. The molecule has 2 heterocycles. The molecule has 0 aliphatic heterocycles. The van der Waals surface area contributed by atoms with Gasteiger partial charge in [0.25, 0.3) is 0 Å². The van der Waals surface area contributed by atoms with Crippen molar-refractivity contribution in [3.05, 3.63) is 64.9 Å². The van der Waals surface area contributed by atoms with Gasteiger partial charge >= 0.3 is 0 Å². The van der Waals surface area contributed by atoms with E-state index in [9.17, 15) is 0 Å². The third kappa shape index (κ3) is 3.23. The van der Waals surface area contributed by atoms with Crippen LogP contribution in [0.15, 0.2) is 48.7 Å². The van der Waals surface area contributed by atoms with Crippen LogP contribution in [0.25, 0.3) is 11.5 Å². The number of hydrogen-bond donors (Lipinski definition) is 1. The van der Waals surface area contributed by atoms with Crippen LogP contribution in [0.4, 0.5) is 11.5 Å². The van der Waals surface area contributed by atoms with Crippen LogP contribution in [0, 0.1) is 13.8 Å². The van der Waals surface area contributed by atoms with Gasteiger partial charge in [-0.3, -0.25) is 4.98 Å². The van der Waals surface area contributed by atoms with Gasteiger partial charge in [0.05, 0.1) is 0 Å². The van der Waals surface area contributed by atoms with Crippen molar-refractivity contribution in [3.8, 4) is 11.5 Å². The Morgan fingerprint density at radius 3 is 2.64 bits per heavy atom. The number of halogens is 1. The first-order chi connectivity index (χ1) is 10.6. The molecule has 3 aromatic rings. The van der Waals surface area contributed by atoms with Gasteiger partial charge in [-0.15, -0.1) is 0 Å². The van der Waals surface area contributed by atoms with E-state index in [0.717, 1.165) is 11.3 Å². The van der Waals surface area contributed by atoms with E-state index in [4.69, 9.17) is 11.6 Å². The van der Waals surface area contributed by atoms with E-state index in [-0.39, 0.29) is 0 Å². The van der Waals surface area contributed by atoms with Crippen LogP contribution >= 0.6 is 11.6 Å². The summed E-state index contributed by atoms with van der Waals surface area (Å²) in [5, 5.41) is 3.68. The Hall–Kier alpha value is -2.46. The highest BCUT2D eigenvalue weighted by Gasteiger charge is 2.08.